The number of methoxy groups -OCH3 is 1. The van der Waals surface area contributed by atoms with Gasteiger partial charge in [0.25, 0.3) is 0 Å². The van der Waals surface area contributed by atoms with Crippen LogP contribution in [0.25, 0.3) is 0 Å². The molecule has 1 aromatic rings. The van der Waals surface area contributed by atoms with Crippen molar-refractivity contribution in [3.63, 3.8) is 0 Å². The van der Waals surface area contributed by atoms with Crippen molar-refractivity contribution >= 4 is 17.4 Å². The summed E-state index contributed by atoms with van der Waals surface area (Å²) in [6, 6.07) is 0. The van der Waals surface area contributed by atoms with Crippen LogP contribution in [-0.2, 0) is 9.47 Å². The molecule has 0 aliphatic carbocycles. The fourth-order valence-electron chi connectivity index (χ4n) is 1.09. The second-order valence-electron chi connectivity index (χ2n) is 3.20. The van der Waals surface area contributed by atoms with Gasteiger partial charge >= 0.3 is 0 Å². The summed E-state index contributed by atoms with van der Waals surface area (Å²) in [6.45, 7) is 4.41. The normalized spacial score (nSPS) is 10.4. The summed E-state index contributed by atoms with van der Waals surface area (Å²) in [4.78, 5) is 7.94. The van der Waals surface area contributed by atoms with Crippen molar-refractivity contribution in [3.05, 3.63) is 17.0 Å². The zero-order chi connectivity index (χ0) is 11.8. The third-order valence-electron chi connectivity index (χ3n) is 1.91. The van der Waals surface area contributed by atoms with Crippen molar-refractivity contribution in [2.45, 2.75) is 6.92 Å². The fourth-order valence-corrected chi connectivity index (χ4v) is 1.22. The number of anilines is 1. The van der Waals surface area contributed by atoms with Gasteiger partial charge in [-0.1, -0.05) is 0 Å². The van der Waals surface area contributed by atoms with E-state index in [1.54, 1.807) is 13.3 Å². The minimum atomic E-state index is 0.244. The van der Waals surface area contributed by atoms with Gasteiger partial charge in [-0.2, -0.15) is 0 Å². The van der Waals surface area contributed by atoms with Crippen molar-refractivity contribution in [1.82, 2.24) is 9.97 Å². The van der Waals surface area contributed by atoms with Gasteiger partial charge in [-0.15, -0.1) is 0 Å². The molecule has 0 atom stereocenters. The number of nitrogens with one attached hydrogen (secondary N) is 1. The summed E-state index contributed by atoms with van der Waals surface area (Å²) in [5.74, 6) is 0.746. The fraction of sp³-hybridized carbons (Fsp3) is 0.600. The zero-order valence-electron chi connectivity index (χ0n) is 9.49. The van der Waals surface area contributed by atoms with E-state index in [9.17, 15) is 0 Å². The highest BCUT2D eigenvalue weighted by molar-refractivity contribution is 6.28. The topological polar surface area (TPSA) is 56.3 Å². The largest absolute Gasteiger partial charge is 0.382 e. The Balaban J connectivity index is 2.23. The van der Waals surface area contributed by atoms with Crippen molar-refractivity contribution in [1.29, 1.82) is 0 Å². The Bertz CT molecular complexity index is 323. The van der Waals surface area contributed by atoms with E-state index < -0.39 is 0 Å². The highest BCUT2D eigenvalue weighted by Crippen LogP contribution is 2.11. The number of hydrogen-bond donors (Lipinski definition) is 1. The van der Waals surface area contributed by atoms with Gasteiger partial charge in [0, 0.05) is 25.4 Å². The molecule has 1 aromatic heterocycles. The molecule has 0 radical (unpaired) electrons. The summed E-state index contributed by atoms with van der Waals surface area (Å²) in [5, 5.41) is 3.37. The Morgan fingerprint density at radius 1 is 1.38 bits per heavy atom. The molecule has 0 spiro atoms. The number of halogens is 1. The smallest absolute Gasteiger partial charge is 0.224 e. The minimum Gasteiger partial charge on any atom is -0.382 e. The Kier molecular flexibility index (Phi) is 6.07. The quantitative estimate of drug-likeness (QED) is 0.583. The zero-order valence-corrected chi connectivity index (χ0v) is 10.3. The average molecular weight is 246 g/mol. The minimum absolute atomic E-state index is 0.244. The van der Waals surface area contributed by atoms with E-state index in [1.165, 1.54) is 0 Å². The van der Waals surface area contributed by atoms with Crippen LogP contribution in [0.15, 0.2) is 6.20 Å². The van der Waals surface area contributed by atoms with Crippen LogP contribution in [0.5, 0.6) is 0 Å². The van der Waals surface area contributed by atoms with Crippen LogP contribution in [0.2, 0.25) is 5.28 Å². The van der Waals surface area contributed by atoms with E-state index in [1.807, 2.05) is 6.92 Å². The summed E-state index contributed by atoms with van der Waals surface area (Å²) < 4.78 is 10.2. The molecular formula is C10H16ClN3O2. The summed E-state index contributed by atoms with van der Waals surface area (Å²) in [6.07, 6.45) is 1.68. The molecule has 1 heterocycles. The first-order chi connectivity index (χ1) is 7.74. The van der Waals surface area contributed by atoms with Gasteiger partial charge in [-0.3, -0.25) is 0 Å². The molecule has 0 aromatic carbocycles. The Hall–Kier alpha value is -0.910. The van der Waals surface area contributed by atoms with E-state index in [0.29, 0.717) is 26.4 Å². The van der Waals surface area contributed by atoms with Crippen molar-refractivity contribution < 1.29 is 9.47 Å². The van der Waals surface area contributed by atoms with Gasteiger partial charge < -0.3 is 14.8 Å². The summed E-state index contributed by atoms with van der Waals surface area (Å²) in [7, 11) is 1.65. The average Bonchev–Trinajstić information content (AvgIpc) is 2.28. The molecular weight excluding hydrogens is 230 g/mol. The predicted octanol–water partition coefficient (Wildman–Crippen LogP) is 1.51. The molecule has 0 aliphatic heterocycles. The van der Waals surface area contributed by atoms with Gasteiger partial charge in [0.15, 0.2) is 0 Å². The number of nitrogens with zero attached hydrogens (tertiary/aromatic N) is 2. The maximum absolute atomic E-state index is 5.69. The first-order valence-corrected chi connectivity index (χ1v) is 5.41. The number of aromatic nitrogens is 2. The van der Waals surface area contributed by atoms with E-state index in [2.05, 4.69) is 15.3 Å². The number of ether oxygens (including phenoxy) is 2. The van der Waals surface area contributed by atoms with Crippen LogP contribution >= 0.6 is 11.6 Å². The first-order valence-electron chi connectivity index (χ1n) is 5.03. The number of rotatable bonds is 7. The molecule has 0 fully saturated rings. The molecule has 0 bridgehead atoms. The lowest BCUT2D eigenvalue weighted by molar-refractivity contribution is 0.0759. The number of aryl methyl sites for hydroxylation is 1. The summed E-state index contributed by atoms with van der Waals surface area (Å²) >= 11 is 5.69. The van der Waals surface area contributed by atoms with Crippen LogP contribution in [0.1, 0.15) is 5.56 Å². The SMILES string of the molecule is COCCOCCNc1nc(Cl)ncc1C. The third-order valence-corrected chi connectivity index (χ3v) is 2.10. The Labute approximate surface area is 100 Å². The molecule has 16 heavy (non-hydrogen) atoms. The van der Waals surface area contributed by atoms with E-state index in [4.69, 9.17) is 21.1 Å². The second kappa shape index (κ2) is 7.38. The van der Waals surface area contributed by atoms with Gasteiger partial charge in [0.2, 0.25) is 5.28 Å². The van der Waals surface area contributed by atoms with Crippen molar-refractivity contribution in [2.24, 2.45) is 0 Å². The molecule has 0 saturated heterocycles. The van der Waals surface area contributed by atoms with E-state index in [0.717, 1.165) is 11.4 Å². The van der Waals surface area contributed by atoms with Gasteiger partial charge in [-0.05, 0) is 18.5 Å². The second-order valence-corrected chi connectivity index (χ2v) is 3.54. The molecule has 0 saturated carbocycles. The summed E-state index contributed by atoms with van der Waals surface area (Å²) in [5.41, 5.74) is 0.960. The van der Waals surface area contributed by atoms with Crippen LogP contribution in [-0.4, -0.2) is 43.4 Å². The number of hydrogen-bond acceptors (Lipinski definition) is 5. The lowest BCUT2D eigenvalue weighted by atomic mass is 10.3. The molecule has 0 aliphatic rings. The predicted molar refractivity (Wildman–Crippen MR) is 63.0 cm³/mol. The van der Waals surface area contributed by atoms with Crippen molar-refractivity contribution in [3.8, 4) is 0 Å². The molecule has 1 rings (SSSR count). The Morgan fingerprint density at radius 2 is 2.19 bits per heavy atom. The lowest BCUT2D eigenvalue weighted by Gasteiger charge is -2.08. The van der Waals surface area contributed by atoms with Gasteiger partial charge in [0.05, 0.1) is 19.8 Å². The van der Waals surface area contributed by atoms with Crippen LogP contribution < -0.4 is 5.32 Å². The highest BCUT2D eigenvalue weighted by atomic mass is 35.5. The molecule has 0 unspecified atom stereocenters. The highest BCUT2D eigenvalue weighted by Gasteiger charge is 2.00. The maximum atomic E-state index is 5.69. The van der Waals surface area contributed by atoms with Crippen LogP contribution in [0, 0.1) is 6.92 Å². The standard InChI is InChI=1S/C10H16ClN3O2/c1-8-7-13-10(11)14-9(8)12-3-4-16-6-5-15-2/h7H,3-6H2,1-2H3,(H,12,13,14). The molecule has 5 nitrogen and oxygen atoms in total. The molecule has 1 N–H and O–H groups in total. The maximum Gasteiger partial charge on any atom is 0.224 e. The third kappa shape index (κ3) is 4.74. The van der Waals surface area contributed by atoms with Gasteiger partial charge in [-0.25, -0.2) is 9.97 Å². The lowest BCUT2D eigenvalue weighted by Crippen LogP contribution is -2.13. The molecule has 0 amide bonds. The van der Waals surface area contributed by atoms with Crippen LogP contribution in [0.4, 0.5) is 5.82 Å². The first kappa shape index (κ1) is 13.2. The molecule has 90 valence electrons. The Morgan fingerprint density at radius 3 is 2.94 bits per heavy atom. The molecule has 6 heteroatoms. The van der Waals surface area contributed by atoms with E-state index in [-0.39, 0.29) is 5.28 Å². The van der Waals surface area contributed by atoms with Crippen molar-refractivity contribution in [2.75, 3.05) is 38.8 Å². The van der Waals surface area contributed by atoms with Crippen LogP contribution in [0.3, 0.4) is 0 Å². The van der Waals surface area contributed by atoms with E-state index >= 15 is 0 Å². The van der Waals surface area contributed by atoms with Gasteiger partial charge in [0.1, 0.15) is 5.82 Å². The monoisotopic (exact) mass is 245 g/mol.